The first-order chi connectivity index (χ1) is 22.5. The third-order valence-corrected chi connectivity index (χ3v) is 11.2. The molecule has 0 spiro atoms. The van der Waals surface area contributed by atoms with E-state index >= 15 is 0 Å². The number of likely N-dealkylation sites (tertiary alicyclic amines) is 1. The van der Waals surface area contributed by atoms with E-state index < -0.39 is 27.3 Å². The molecule has 10 nitrogen and oxygen atoms in total. The molecule has 4 rings (SSSR count). The van der Waals surface area contributed by atoms with Gasteiger partial charge in [-0.2, -0.15) is 0 Å². The van der Waals surface area contributed by atoms with E-state index in [2.05, 4.69) is 28.5 Å². The van der Waals surface area contributed by atoms with E-state index in [0.29, 0.717) is 76.7 Å². The average Bonchev–Trinajstić information content (AvgIpc) is 2.99. The van der Waals surface area contributed by atoms with E-state index in [0.717, 1.165) is 45.0 Å². The van der Waals surface area contributed by atoms with Gasteiger partial charge in [0.2, 0.25) is 15.9 Å². The summed E-state index contributed by atoms with van der Waals surface area (Å²) in [5, 5.41) is 0. The van der Waals surface area contributed by atoms with E-state index in [1.165, 1.54) is 22.7 Å². The second kappa shape index (κ2) is 16.6. The van der Waals surface area contributed by atoms with Crippen molar-refractivity contribution in [2.45, 2.75) is 84.3 Å². The third kappa shape index (κ3) is 11.3. The first kappa shape index (κ1) is 38.5. The number of piperidine rings is 2. The molecule has 0 radical (unpaired) electrons. The molecule has 272 valence electrons. The first-order valence-electron chi connectivity index (χ1n) is 17.6. The second-order valence-corrected chi connectivity index (χ2v) is 17.3. The fourth-order valence-corrected chi connectivity index (χ4v) is 8.27. The highest BCUT2D eigenvalue weighted by Gasteiger charge is 2.34. The largest absolute Gasteiger partial charge is 0.444 e. The lowest BCUT2D eigenvalue weighted by Crippen LogP contribution is -2.55. The zero-order chi connectivity index (χ0) is 35.2. The van der Waals surface area contributed by atoms with Crippen molar-refractivity contribution in [3.05, 3.63) is 35.4 Å². The maximum absolute atomic E-state index is 14.3. The minimum Gasteiger partial charge on any atom is -0.444 e. The zero-order valence-corrected chi connectivity index (χ0v) is 30.6. The maximum Gasteiger partial charge on any atom is 0.410 e. The van der Waals surface area contributed by atoms with Crippen LogP contribution >= 0.6 is 0 Å². The predicted octanol–water partition coefficient (Wildman–Crippen LogP) is 4.61. The minimum absolute atomic E-state index is 0.0792. The van der Waals surface area contributed by atoms with Crippen molar-refractivity contribution in [3.8, 4) is 0 Å². The van der Waals surface area contributed by atoms with Gasteiger partial charge in [0, 0.05) is 71.0 Å². The average molecular weight is 698 g/mol. The molecule has 3 fully saturated rings. The minimum atomic E-state index is -3.27. The number of halogens is 2. The third-order valence-electron chi connectivity index (χ3n) is 9.87. The summed E-state index contributed by atoms with van der Waals surface area (Å²) in [6.45, 7) is 16.4. The van der Waals surface area contributed by atoms with Gasteiger partial charge in [-0.15, -0.1) is 0 Å². The molecule has 1 aromatic carbocycles. The van der Waals surface area contributed by atoms with Crippen LogP contribution in [0.25, 0.3) is 0 Å². The van der Waals surface area contributed by atoms with Crippen molar-refractivity contribution in [1.82, 2.24) is 23.9 Å². The van der Waals surface area contributed by atoms with E-state index in [-0.39, 0.29) is 29.9 Å². The molecule has 1 atom stereocenters. The van der Waals surface area contributed by atoms with E-state index in [4.69, 9.17) is 4.74 Å². The molecular formula is C35H57F2N5O5S. The summed E-state index contributed by atoms with van der Waals surface area (Å²) in [4.78, 5) is 34.4. The Bertz CT molecular complexity index is 1310. The summed E-state index contributed by atoms with van der Waals surface area (Å²) in [7, 11) is -3.27. The molecule has 0 bridgehead atoms. The summed E-state index contributed by atoms with van der Waals surface area (Å²) in [5.41, 5.74) is 0.0971. The van der Waals surface area contributed by atoms with Crippen molar-refractivity contribution in [2.75, 3.05) is 78.2 Å². The van der Waals surface area contributed by atoms with Crippen LogP contribution in [0.4, 0.5) is 13.6 Å². The van der Waals surface area contributed by atoms with E-state index in [1.807, 2.05) is 20.8 Å². The second-order valence-electron chi connectivity index (χ2n) is 15.4. The fourth-order valence-electron chi connectivity index (χ4n) is 7.39. The smallest absolute Gasteiger partial charge is 0.410 e. The van der Waals surface area contributed by atoms with E-state index in [1.54, 1.807) is 4.90 Å². The van der Waals surface area contributed by atoms with Gasteiger partial charge in [-0.25, -0.2) is 26.3 Å². The summed E-state index contributed by atoms with van der Waals surface area (Å²) < 4.78 is 59.8. The van der Waals surface area contributed by atoms with Crippen molar-refractivity contribution in [1.29, 1.82) is 0 Å². The maximum atomic E-state index is 14.3. The lowest BCUT2D eigenvalue weighted by molar-refractivity contribution is -0.136. The summed E-state index contributed by atoms with van der Waals surface area (Å²) in [6, 6.07) is 3.89. The molecule has 1 aromatic rings. The highest BCUT2D eigenvalue weighted by atomic mass is 32.2. The van der Waals surface area contributed by atoms with Gasteiger partial charge in [0.15, 0.2) is 0 Å². The van der Waals surface area contributed by atoms with Crippen LogP contribution in [0.3, 0.4) is 0 Å². The van der Waals surface area contributed by atoms with Gasteiger partial charge in [0.25, 0.3) is 0 Å². The highest BCUT2D eigenvalue weighted by Crippen LogP contribution is 2.37. The molecule has 3 aliphatic heterocycles. The molecule has 3 heterocycles. The number of nitrogens with zero attached hydrogens (tertiary/aromatic N) is 5. The Labute approximate surface area is 286 Å². The molecule has 3 saturated heterocycles. The lowest BCUT2D eigenvalue weighted by atomic mass is 9.78. The number of benzene rings is 1. The first-order valence-corrected chi connectivity index (χ1v) is 19.5. The Morgan fingerprint density at radius 3 is 2.00 bits per heavy atom. The number of ether oxygens (including phenoxy) is 1. The Hall–Kier alpha value is -2.35. The van der Waals surface area contributed by atoms with Crippen LogP contribution in [0, 0.1) is 23.5 Å². The molecule has 13 heteroatoms. The van der Waals surface area contributed by atoms with Crippen LogP contribution in [-0.4, -0.2) is 134 Å². The summed E-state index contributed by atoms with van der Waals surface area (Å²) >= 11 is 0. The summed E-state index contributed by atoms with van der Waals surface area (Å²) in [6.07, 6.45) is 4.66. The Morgan fingerprint density at radius 1 is 0.896 bits per heavy atom. The number of sulfonamides is 1. The number of carbonyl (C=O) groups is 2. The Balaban J connectivity index is 1.31. The SMILES string of the molecule is CC(C)CN(C(=O)CN1CCN(C(=O)OC(C)(C)C)CC1)C1CCN(CCC(c2cc(F)cc(F)c2)C2CCN(S(C)(=O)=O)CC2)CC1. The quantitative estimate of drug-likeness (QED) is 0.334. The molecule has 1 unspecified atom stereocenters. The lowest BCUT2D eigenvalue weighted by Gasteiger charge is -2.41. The van der Waals surface area contributed by atoms with Crippen molar-refractivity contribution < 1.29 is 31.5 Å². The molecule has 0 saturated carbocycles. The zero-order valence-electron chi connectivity index (χ0n) is 29.8. The fraction of sp³-hybridized carbons (Fsp3) is 0.771. The van der Waals surface area contributed by atoms with E-state index in [9.17, 15) is 26.8 Å². The van der Waals surface area contributed by atoms with Gasteiger partial charge in [-0.1, -0.05) is 13.8 Å². The molecule has 0 N–H and O–H groups in total. The normalized spacial score (nSPS) is 20.6. The van der Waals surface area contributed by atoms with Crippen LogP contribution in [0.15, 0.2) is 18.2 Å². The standard InChI is InChI=1S/C35H57F2N5O5S/c1-26(2)24-42(33(43)25-39-17-19-40(20-18-39)34(44)47-35(3,4)5)31-9-12-38(13-10-31)14-11-32(28-21-29(36)23-30(37)22-28)27-7-15-41(16-8-27)48(6,45)46/h21-23,26-27,31-32H,7-20,24-25H2,1-6H3. The van der Waals surface area contributed by atoms with Gasteiger partial charge in [-0.05, 0) is 94.9 Å². The highest BCUT2D eigenvalue weighted by molar-refractivity contribution is 7.88. The van der Waals surface area contributed by atoms with Gasteiger partial charge in [0.05, 0.1) is 12.8 Å². The molecule has 0 aromatic heterocycles. The van der Waals surface area contributed by atoms with Crippen LogP contribution in [0.2, 0.25) is 0 Å². The molecule has 2 amide bonds. The van der Waals surface area contributed by atoms with Crippen molar-refractivity contribution in [3.63, 3.8) is 0 Å². The number of hydrogen-bond donors (Lipinski definition) is 0. The topological polar surface area (TPSA) is 93.7 Å². The Morgan fingerprint density at radius 2 is 1.48 bits per heavy atom. The number of amides is 2. The van der Waals surface area contributed by atoms with Crippen LogP contribution < -0.4 is 0 Å². The summed E-state index contributed by atoms with van der Waals surface area (Å²) in [5.74, 6) is -0.677. The predicted molar refractivity (Wildman–Crippen MR) is 183 cm³/mol. The van der Waals surface area contributed by atoms with Crippen LogP contribution in [0.5, 0.6) is 0 Å². The number of carbonyl (C=O) groups excluding carboxylic acids is 2. The molecule has 0 aliphatic carbocycles. The monoisotopic (exact) mass is 697 g/mol. The number of hydrogen-bond acceptors (Lipinski definition) is 7. The van der Waals surface area contributed by atoms with Gasteiger partial charge >= 0.3 is 6.09 Å². The van der Waals surface area contributed by atoms with Crippen LogP contribution in [-0.2, 0) is 19.6 Å². The number of piperazine rings is 1. The van der Waals surface area contributed by atoms with Crippen molar-refractivity contribution >= 4 is 22.0 Å². The van der Waals surface area contributed by atoms with Gasteiger partial charge in [-0.3, -0.25) is 9.69 Å². The molecule has 48 heavy (non-hydrogen) atoms. The molecule has 3 aliphatic rings. The van der Waals surface area contributed by atoms with Gasteiger partial charge in [0.1, 0.15) is 17.2 Å². The Kier molecular flexibility index (Phi) is 13.3. The van der Waals surface area contributed by atoms with Gasteiger partial charge < -0.3 is 19.4 Å². The van der Waals surface area contributed by atoms with Crippen molar-refractivity contribution in [2.24, 2.45) is 11.8 Å². The molecular weight excluding hydrogens is 640 g/mol. The van der Waals surface area contributed by atoms with Crippen LogP contribution in [0.1, 0.15) is 78.2 Å². The number of rotatable bonds is 11.